The van der Waals surface area contributed by atoms with Crippen molar-refractivity contribution in [3.8, 4) is 0 Å². The number of nitrogens with one attached hydrogen (secondary N) is 3. The minimum Gasteiger partial charge on any atom is -0.480 e. The lowest BCUT2D eigenvalue weighted by Crippen LogP contribution is -2.56. The predicted octanol–water partition coefficient (Wildman–Crippen LogP) is -2.19. The first-order valence-corrected chi connectivity index (χ1v) is 6.21. The fourth-order valence-corrected chi connectivity index (χ4v) is 1.73. The minimum atomic E-state index is -1.32. The van der Waals surface area contributed by atoms with E-state index in [1.54, 1.807) is 0 Å². The summed E-state index contributed by atoms with van der Waals surface area (Å²) < 4.78 is 0. The van der Waals surface area contributed by atoms with Gasteiger partial charge in [-0.25, -0.2) is 9.59 Å². The van der Waals surface area contributed by atoms with E-state index in [9.17, 15) is 24.0 Å². The first kappa shape index (κ1) is 16.4. The molecule has 10 nitrogen and oxygen atoms in total. The average Bonchev–Trinajstić information content (AvgIpc) is 2.37. The zero-order valence-electron chi connectivity index (χ0n) is 11.0. The Kier molecular flexibility index (Phi) is 5.64. The highest BCUT2D eigenvalue weighted by atomic mass is 16.4. The zero-order chi connectivity index (χ0) is 16.0. The maximum atomic E-state index is 11.6. The van der Waals surface area contributed by atoms with Crippen LogP contribution in [0.25, 0.3) is 0 Å². The molecule has 1 aliphatic heterocycles. The van der Waals surface area contributed by atoms with Crippen molar-refractivity contribution in [1.29, 1.82) is 0 Å². The molecule has 0 spiro atoms. The molecule has 0 bridgehead atoms. The SMILES string of the molecule is NC(=O)CCC(NC(=O)NC1CCC(=O)NC1=O)C(=O)O. The van der Waals surface area contributed by atoms with E-state index in [0.717, 1.165) is 0 Å². The monoisotopic (exact) mass is 300 g/mol. The highest BCUT2D eigenvalue weighted by Gasteiger charge is 2.29. The van der Waals surface area contributed by atoms with Crippen LogP contribution in [0.1, 0.15) is 25.7 Å². The maximum Gasteiger partial charge on any atom is 0.326 e. The Bertz CT molecular complexity index is 477. The number of piperidine rings is 1. The van der Waals surface area contributed by atoms with Crippen LogP contribution in [0.5, 0.6) is 0 Å². The Morgan fingerprint density at radius 1 is 1.38 bits per heavy atom. The molecule has 6 N–H and O–H groups in total. The second kappa shape index (κ2) is 7.22. The van der Waals surface area contributed by atoms with Gasteiger partial charge in [-0.2, -0.15) is 0 Å². The van der Waals surface area contributed by atoms with Crippen LogP contribution < -0.4 is 21.7 Å². The van der Waals surface area contributed by atoms with Crippen LogP contribution >= 0.6 is 0 Å². The van der Waals surface area contributed by atoms with Crippen molar-refractivity contribution in [3.63, 3.8) is 0 Å². The first-order chi connectivity index (χ1) is 9.79. The van der Waals surface area contributed by atoms with Gasteiger partial charge in [-0.05, 0) is 12.8 Å². The number of imide groups is 1. The van der Waals surface area contributed by atoms with E-state index in [1.807, 2.05) is 0 Å². The lowest BCUT2D eigenvalue weighted by atomic mass is 10.1. The standard InChI is InChI=1S/C11H16N4O6/c12-7(16)3-1-6(10(19)20)14-11(21)13-5-2-4-8(17)15-9(5)18/h5-6H,1-4H2,(H2,12,16)(H,19,20)(H2,13,14,21)(H,15,17,18). The Balaban J connectivity index is 2.50. The van der Waals surface area contributed by atoms with Gasteiger partial charge in [0.1, 0.15) is 12.1 Å². The number of amides is 5. The van der Waals surface area contributed by atoms with Gasteiger partial charge in [-0.3, -0.25) is 19.7 Å². The average molecular weight is 300 g/mol. The van der Waals surface area contributed by atoms with Gasteiger partial charge in [0.15, 0.2) is 0 Å². The largest absolute Gasteiger partial charge is 0.480 e. The molecule has 0 radical (unpaired) electrons. The number of hydrogen-bond acceptors (Lipinski definition) is 5. The van der Waals surface area contributed by atoms with Crippen molar-refractivity contribution in [1.82, 2.24) is 16.0 Å². The van der Waals surface area contributed by atoms with Crippen molar-refractivity contribution in [2.45, 2.75) is 37.8 Å². The maximum absolute atomic E-state index is 11.6. The summed E-state index contributed by atoms with van der Waals surface area (Å²) in [7, 11) is 0. The molecule has 10 heteroatoms. The molecule has 1 fully saturated rings. The Hall–Kier alpha value is -2.65. The summed E-state index contributed by atoms with van der Waals surface area (Å²) in [5.74, 6) is -3.09. The molecule has 116 valence electrons. The number of primary amides is 1. The van der Waals surface area contributed by atoms with E-state index in [2.05, 4.69) is 16.0 Å². The van der Waals surface area contributed by atoms with Gasteiger partial charge in [0.25, 0.3) is 0 Å². The van der Waals surface area contributed by atoms with E-state index in [0.29, 0.717) is 0 Å². The van der Waals surface area contributed by atoms with Crippen molar-refractivity contribution in [2.24, 2.45) is 5.73 Å². The molecule has 0 aromatic carbocycles. The second-order valence-corrected chi connectivity index (χ2v) is 4.52. The number of urea groups is 1. The van der Waals surface area contributed by atoms with Crippen molar-refractivity contribution in [2.75, 3.05) is 0 Å². The third-order valence-electron chi connectivity index (χ3n) is 2.83. The van der Waals surface area contributed by atoms with Gasteiger partial charge in [0.2, 0.25) is 17.7 Å². The van der Waals surface area contributed by atoms with Gasteiger partial charge >= 0.3 is 12.0 Å². The molecule has 5 amide bonds. The van der Waals surface area contributed by atoms with E-state index in [4.69, 9.17) is 10.8 Å². The number of hydrogen-bond donors (Lipinski definition) is 5. The third kappa shape index (κ3) is 5.47. The fraction of sp³-hybridized carbons (Fsp3) is 0.545. The highest BCUT2D eigenvalue weighted by molar-refractivity contribution is 6.01. The molecular weight excluding hydrogens is 284 g/mol. The van der Waals surface area contributed by atoms with Gasteiger partial charge in [0, 0.05) is 12.8 Å². The predicted molar refractivity (Wildman–Crippen MR) is 67.7 cm³/mol. The topological polar surface area (TPSA) is 168 Å². The third-order valence-corrected chi connectivity index (χ3v) is 2.83. The van der Waals surface area contributed by atoms with Gasteiger partial charge in [-0.15, -0.1) is 0 Å². The van der Waals surface area contributed by atoms with E-state index >= 15 is 0 Å². The summed E-state index contributed by atoms with van der Waals surface area (Å²) in [4.78, 5) is 55.5. The molecular formula is C11H16N4O6. The smallest absolute Gasteiger partial charge is 0.326 e. The van der Waals surface area contributed by atoms with E-state index < -0.39 is 41.8 Å². The minimum absolute atomic E-state index is 0.0840. The summed E-state index contributed by atoms with van der Waals surface area (Å²) in [6, 6.07) is -3.08. The Labute approximate surface area is 119 Å². The van der Waals surface area contributed by atoms with Crippen LogP contribution in [0.15, 0.2) is 0 Å². The molecule has 0 saturated carbocycles. The van der Waals surface area contributed by atoms with Crippen LogP contribution in [0.3, 0.4) is 0 Å². The van der Waals surface area contributed by atoms with Crippen LogP contribution in [-0.4, -0.2) is 46.9 Å². The molecule has 21 heavy (non-hydrogen) atoms. The molecule has 2 unspecified atom stereocenters. The van der Waals surface area contributed by atoms with Crippen LogP contribution in [-0.2, 0) is 19.2 Å². The van der Waals surface area contributed by atoms with Gasteiger partial charge in [-0.1, -0.05) is 0 Å². The summed E-state index contributed by atoms with van der Waals surface area (Å²) in [5.41, 5.74) is 4.91. The Morgan fingerprint density at radius 2 is 2.05 bits per heavy atom. The number of nitrogens with two attached hydrogens (primary N) is 1. The molecule has 1 rings (SSSR count). The van der Waals surface area contributed by atoms with E-state index in [1.165, 1.54) is 0 Å². The van der Waals surface area contributed by atoms with Crippen molar-refractivity contribution in [3.05, 3.63) is 0 Å². The van der Waals surface area contributed by atoms with Gasteiger partial charge < -0.3 is 21.5 Å². The van der Waals surface area contributed by atoms with Crippen molar-refractivity contribution < 1.29 is 29.1 Å². The molecule has 1 saturated heterocycles. The summed E-state index contributed by atoms with van der Waals surface area (Å²) in [5, 5.41) is 15.4. The normalized spacial score (nSPS) is 19.3. The zero-order valence-corrected chi connectivity index (χ0v) is 11.0. The summed E-state index contributed by atoms with van der Waals surface area (Å²) in [6.45, 7) is 0. The molecule has 1 heterocycles. The lowest BCUT2D eigenvalue weighted by molar-refractivity contribution is -0.139. The molecule has 0 aliphatic carbocycles. The second-order valence-electron chi connectivity index (χ2n) is 4.52. The number of carbonyl (C=O) groups excluding carboxylic acids is 4. The van der Waals surface area contributed by atoms with Crippen molar-refractivity contribution >= 4 is 29.7 Å². The van der Waals surface area contributed by atoms with Crippen LogP contribution in [0, 0.1) is 0 Å². The Morgan fingerprint density at radius 3 is 2.57 bits per heavy atom. The number of carbonyl (C=O) groups is 5. The van der Waals surface area contributed by atoms with E-state index in [-0.39, 0.29) is 25.7 Å². The lowest BCUT2D eigenvalue weighted by Gasteiger charge is -2.23. The fourth-order valence-electron chi connectivity index (χ4n) is 1.73. The number of aliphatic carboxylic acids is 1. The highest BCUT2D eigenvalue weighted by Crippen LogP contribution is 2.04. The molecule has 0 aromatic rings. The number of carboxylic acid groups (broad SMARTS) is 1. The summed E-state index contributed by atoms with van der Waals surface area (Å²) >= 11 is 0. The number of rotatable bonds is 6. The quantitative estimate of drug-likeness (QED) is 0.349. The summed E-state index contributed by atoms with van der Waals surface area (Å²) in [6.07, 6.45) is -0.138. The molecule has 2 atom stereocenters. The number of carboxylic acids is 1. The first-order valence-electron chi connectivity index (χ1n) is 6.21. The van der Waals surface area contributed by atoms with Crippen LogP contribution in [0.2, 0.25) is 0 Å². The molecule has 0 aromatic heterocycles. The van der Waals surface area contributed by atoms with Gasteiger partial charge in [0.05, 0.1) is 0 Å². The molecule has 1 aliphatic rings. The van der Waals surface area contributed by atoms with Crippen LogP contribution in [0.4, 0.5) is 4.79 Å².